The maximum atomic E-state index is 12.5. The molecule has 1 atom stereocenters. The van der Waals surface area contributed by atoms with Crippen LogP contribution in [0.3, 0.4) is 0 Å². The maximum Gasteiger partial charge on any atom is 0.262 e. The van der Waals surface area contributed by atoms with Crippen LogP contribution < -0.4 is 10.1 Å². The Morgan fingerprint density at radius 1 is 1.36 bits per heavy atom. The van der Waals surface area contributed by atoms with Gasteiger partial charge >= 0.3 is 0 Å². The molecule has 0 aliphatic rings. The van der Waals surface area contributed by atoms with E-state index in [1.54, 1.807) is 19.3 Å². The predicted molar refractivity (Wildman–Crippen MR) is 105 cm³/mol. The molecular weight excluding hydrogens is 328 g/mol. The number of hydrogen-bond donors (Lipinski definition) is 1. The first-order valence-electron chi connectivity index (χ1n) is 8.47. The Kier molecular flexibility index (Phi) is 7.27. The summed E-state index contributed by atoms with van der Waals surface area (Å²) in [4.78, 5) is 16.6. The van der Waals surface area contributed by atoms with Gasteiger partial charge in [0.15, 0.2) is 6.10 Å². The molecule has 25 heavy (non-hydrogen) atoms. The fourth-order valence-electron chi connectivity index (χ4n) is 2.03. The minimum absolute atomic E-state index is 0.186. The van der Waals surface area contributed by atoms with Crippen LogP contribution in [0.2, 0.25) is 19.6 Å². The summed E-state index contributed by atoms with van der Waals surface area (Å²) in [6.45, 7) is 13.9. The van der Waals surface area contributed by atoms with Crippen LogP contribution in [-0.4, -0.2) is 30.6 Å². The summed E-state index contributed by atoms with van der Waals surface area (Å²) in [5, 5.41) is 2.91. The topological polar surface area (TPSA) is 51.2 Å². The lowest BCUT2D eigenvalue weighted by Crippen LogP contribution is -2.48. The SMILES string of the molecule is CC#CC(C)(C)NC(=O)C(CC)Oc1cncc(C#C[Si](C)(C)C)c1. The molecule has 5 heteroatoms. The molecule has 1 unspecified atom stereocenters. The van der Waals surface area contributed by atoms with Gasteiger partial charge in [-0.05, 0) is 33.3 Å². The Morgan fingerprint density at radius 3 is 2.60 bits per heavy atom. The van der Waals surface area contributed by atoms with Gasteiger partial charge in [0.1, 0.15) is 13.8 Å². The average Bonchev–Trinajstić information content (AvgIpc) is 2.49. The third kappa shape index (κ3) is 7.91. The van der Waals surface area contributed by atoms with Crippen molar-refractivity contribution in [1.82, 2.24) is 10.3 Å². The first-order valence-corrected chi connectivity index (χ1v) is 12.0. The zero-order chi connectivity index (χ0) is 19.1. The largest absolute Gasteiger partial charge is 0.479 e. The van der Waals surface area contributed by atoms with Crippen molar-refractivity contribution < 1.29 is 9.53 Å². The first kappa shape index (κ1) is 20.8. The van der Waals surface area contributed by atoms with Gasteiger partial charge in [0.05, 0.1) is 11.7 Å². The molecule has 1 aromatic heterocycles. The summed E-state index contributed by atoms with van der Waals surface area (Å²) in [5.41, 5.74) is 3.51. The molecule has 134 valence electrons. The van der Waals surface area contributed by atoms with E-state index in [1.807, 2.05) is 26.8 Å². The lowest BCUT2D eigenvalue weighted by atomic mass is 10.1. The summed E-state index contributed by atoms with van der Waals surface area (Å²) < 4.78 is 5.84. The van der Waals surface area contributed by atoms with Gasteiger partial charge in [0.2, 0.25) is 0 Å². The average molecular weight is 357 g/mol. The Hall–Kier alpha value is -2.24. The Labute approximate surface area is 152 Å². The number of nitrogens with zero attached hydrogens (tertiary/aromatic N) is 1. The number of nitrogens with one attached hydrogen (secondary N) is 1. The van der Waals surface area contributed by atoms with Crippen molar-refractivity contribution in [2.45, 2.75) is 65.4 Å². The van der Waals surface area contributed by atoms with Crippen LogP contribution in [0.15, 0.2) is 18.5 Å². The van der Waals surface area contributed by atoms with E-state index in [2.05, 4.69) is 53.2 Å². The van der Waals surface area contributed by atoms with Crippen molar-refractivity contribution in [3.8, 4) is 29.1 Å². The summed E-state index contributed by atoms with van der Waals surface area (Å²) in [6.07, 6.45) is 3.26. The van der Waals surface area contributed by atoms with Crippen LogP contribution in [0.1, 0.15) is 39.7 Å². The minimum Gasteiger partial charge on any atom is -0.479 e. The van der Waals surface area contributed by atoms with E-state index < -0.39 is 19.7 Å². The lowest BCUT2D eigenvalue weighted by Gasteiger charge is -2.24. The van der Waals surface area contributed by atoms with Crippen molar-refractivity contribution in [3.05, 3.63) is 24.0 Å². The van der Waals surface area contributed by atoms with E-state index in [0.29, 0.717) is 12.2 Å². The molecule has 0 saturated heterocycles. The Bertz CT molecular complexity index is 728. The first-order chi connectivity index (χ1) is 11.6. The second-order valence-electron chi connectivity index (χ2n) is 7.41. The number of aromatic nitrogens is 1. The van der Waals surface area contributed by atoms with Crippen LogP contribution in [0.5, 0.6) is 5.75 Å². The molecule has 0 aromatic carbocycles. The van der Waals surface area contributed by atoms with E-state index in [4.69, 9.17) is 4.74 Å². The van der Waals surface area contributed by atoms with E-state index in [1.165, 1.54) is 0 Å². The van der Waals surface area contributed by atoms with E-state index in [0.717, 1.165) is 5.56 Å². The van der Waals surface area contributed by atoms with E-state index in [-0.39, 0.29) is 5.91 Å². The number of hydrogen-bond acceptors (Lipinski definition) is 3. The van der Waals surface area contributed by atoms with Crippen LogP contribution in [-0.2, 0) is 4.79 Å². The fraction of sp³-hybridized carbons (Fsp3) is 0.500. The number of rotatable bonds is 5. The van der Waals surface area contributed by atoms with Gasteiger partial charge < -0.3 is 10.1 Å². The normalized spacial score (nSPS) is 12.1. The Morgan fingerprint density at radius 2 is 2.04 bits per heavy atom. The molecule has 0 bridgehead atoms. The molecule has 1 N–H and O–H groups in total. The monoisotopic (exact) mass is 356 g/mol. The molecular formula is C20H28N2O2Si. The van der Waals surface area contributed by atoms with Gasteiger partial charge in [-0.1, -0.05) is 38.4 Å². The zero-order valence-electron chi connectivity index (χ0n) is 16.3. The maximum absolute atomic E-state index is 12.5. The van der Waals surface area contributed by atoms with Crippen LogP contribution in [0.25, 0.3) is 0 Å². The highest BCUT2D eigenvalue weighted by Crippen LogP contribution is 2.15. The zero-order valence-corrected chi connectivity index (χ0v) is 17.3. The summed E-state index contributed by atoms with van der Waals surface area (Å²) in [7, 11) is -1.46. The second-order valence-corrected chi connectivity index (χ2v) is 12.2. The predicted octanol–water partition coefficient (Wildman–Crippen LogP) is 3.39. The van der Waals surface area contributed by atoms with Gasteiger partial charge in [-0.15, -0.1) is 11.5 Å². The van der Waals surface area contributed by atoms with Gasteiger partial charge in [0, 0.05) is 11.8 Å². The second kappa shape index (κ2) is 8.74. The molecule has 0 saturated carbocycles. The molecule has 0 aliphatic carbocycles. The van der Waals surface area contributed by atoms with Crippen LogP contribution in [0, 0.1) is 23.3 Å². The number of pyridine rings is 1. The molecule has 0 radical (unpaired) electrons. The quantitative estimate of drug-likeness (QED) is 0.650. The summed E-state index contributed by atoms with van der Waals surface area (Å²) in [5.74, 6) is 9.31. The van der Waals surface area contributed by atoms with Crippen LogP contribution >= 0.6 is 0 Å². The van der Waals surface area contributed by atoms with Gasteiger partial charge in [-0.3, -0.25) is 9.78 Å². The molecule has 0 fully saturated rings. The molecule has 1 rings (SSSR count). The van der Waals surface area contributed by atoms with E-state index in [9.17, 15) is 4.79 Å². The molecule has 0 spiro atoms. The fourth-order valence-corrected chi connectivity index (χ4v) is 2.55. The smallest absolute Gasteiger partial charge is 0.262 e. The van der Waals surface area contributed by atoms with E-state index >= 15 is 0 Å². The molecule has 4 nitrogen and oxygen atoms in total. The number of ether oxygens (including phenoxy) is 1. The third-order valence-electron chi connectivity index (χ3n) is 3.11. The molecule has 1 amide bonds. The standard InChI is InChI=1S/C20H28N2O2Si/c1-8-11-20(3,4)22-19(23)18(9-2)24-17-13-16(14-21-15-17)10-12-25(5,6)7/h13-15,18H,9H2,1-7H3,(H,22,23). The molecule has 1 aromatic rings. The van der Waals surface area contributed by atoms with Crippen molar-refractivity contribution in [1.29, 1.82) is 0 Å². The van der Waals surface area contributed by atoms with Crippen molar-refractivity contribution in [3.63, 3.8) is 0 Å². The molecule has 1 heterocycles. The van der Waals surface area contributed by atoms with Gasteiger partial charge in [-0.2, -0.15) is 0 Å². The molecule has 0 aliphatic heterocycles. The minimum atomic E-state index is -1.46. The summed E-state index contributed by atoms with van der Waals surface area (Å²) >= 11 is 0. The van der Waals surface area contributed by atoms with Crippen molar-refractivity contribution in [2.24, 2.45) is 0 Å². The highest BCUT2D eigenvalue weighted by molar-refractivity contribution is 6.83. The van der Waals surface area contributed by atoms with Crippen LogP contribution in [0.4, 0.5) is 0 Å². The highest BCUT2D eigenvalue weighted by Gasteiger charge is 2.24. The van der Waals surface area contributed by atoms with Crippen molar-refractivity contribution in [2.75, 3.05) is 0 Å². The summed E-state index contributed by atoms with van der Waals surface area (Å²) in [6, 6.07) is 1.83. The highest BCUT2D eigenvalue weighted by atomic mass is 28.3. The third-order valence-corrected chi connectivity index (χ3v) is 3.98. The number of carbonyl (C=O) groups excluding carboxylic acids is 1. The van der Waals surface area contributed by atoms with Crippen molar-refractivity contribution >= 4 is 14.0 Å². The van der Waals surface area contributed by atoms with Gasteiger partial charge in [-0.25, -0.2) is 0 Å². The van der Waals surface area contributed by atoms with Gasteiger partial charge in [0.25, 0.3) is 5.91 Å². The number of amides is 1. The Balaban J connectivity index is 2.89. The lowest BCUT2D eigenvalue weighted by molar-refractivity contribution is -0.129. The number of carbonyl (C=O) groups is 1.